The molecule has 0 unspecified atom stereocenters. The van der Waals surface area contributed by atoms with Gasteiger partial charge < -0.3 is 9.47 Å². The van der Waals surface area contributed by atoms with Crippen LogP contribution in [-0.4, -0.2) is 45.0 Å². The van der Waals surface area contributed by atoms with Gasteiger partial charge in [-0.05, 0) is 42.9 Å². The van der Waals surface area contributed by atoms with Crippen molar-refractivity contribution in [2.45, 2.75) is 70.4 Å². The number of likely N-dealkylation sites (tertiary alicyclic amines) is 1. The molecule has 8 heteroatoms. The quantitative estimate of drug-likeness (QED) is 0.663. The number of aromatic nitrogens is 3. The van der Waals surface area contributed by atoms with Crippen molar-refractivity contribution >= 4 is 0 Å². The van der Waals surface area contributed by atoms with Crippen LogP contribution in [0.15, 0.2) is 33.9 Å². The van der Waals surface area contributed by atoms with Gasteiger partial charge in [0, 0.05) is 26.2 Å². The first-order valence-electron chi connectivity index (χ1n) is 11.8. The fourth-order valence-corrected chi connectivity index (χ4v) is 5.48. The molecular formula is C24H32N4O4. The highest BCUT2D eigenvalue weighted by Crippen LogP contribution is 2.32. The van der Waals surface area contributed by atoms with Crippen LogP contribution in [-0.2, 0) is 31.0 Å². The topological polar surface area (TPSA) is 78.6 Å². The molecule has 32 heavy (non-hydrogen) atoms. The summed E-state index contributed by atoms with van der Waals surface area (Å²) < 4.78 is 14.6. The molecule has 1 aromatic heterocycles. The molecule has 0 bridgehead atoms. The average Bonchev–Trinajstić information content (AvgIpc) is 3.20. The van der Waals surface area contributed by atoms with Crippen molar-refractivity contribution < 1.29 is 9.47 Å². The molecule has 3 aliphatic rings. The molecule has 2 aliphatic heterocycles. The molecule has 172 valence electrons. The summed E-state index contributed by atoms with van der Waals surface area (Å²) in [5.74, 6) is 1.86. The number of ether oxygens (including phenoxy) is 2. The van der Waals surface area contributed by atoms with E-state index in [0.717, 1.165) is 44.6 Å². The van der Waals surface area contributed by atoms with Crippen LogP contribution in [0.5, 0.6) is 5.75 Å². The Morgan fingerprint density at radius 2 is 2.00 bits per heavy atom. The van der Waals surface area contributed by atoms with Crippen molar-refractivity contribution in [1.82, 2.24) is 19.2 Å². The second-order valence-corrected chi connectivity index (χ2v) is 9.58. The van der Waals surface area contributed by atoms with E-state index in [1.54, 1.807) is 11.7 Å². The molecule has 0 amide bonds. The van der Waals surface area contributed by atoms with Gasteiger partial charge in [-0.25, -0.2) is 4.68 Å². The van der Waals surface area contributed by atoms with E-state index < -0.39 is 16.7 Å². The summed E-state index contributed by atoms with van der Waals surface area (Å²) in [4.78, 5) is 28.1. The van der Waals surface area contributed by atoms with Gasteiger partial charge in [0.05, 0.1) is 13.7 Å². The number of methoxy groups -OCH3 is 1. The van der Waals surface area contributed by atoms with Crippen LogP contribution in [0, 0.1) is 5.92 Å². The van der Waals surface area contributed by atoms with E-state index in [0.29, 0.717) is 24.8 Å². The molecule has 2 fully saturated rings. The predicted molar refractivity (Wildman–Crippen MR) is 120 cm³/mol. The Morgan fingerprint density at radius 3 is 2.81 bits per heavy atom. The molecule has 8 nitrogen and oxygen atoms in total. The molecule has 0 N–H and O–H groups in total. The summed E-state index contributed by atoms with van der Waals surface area (Å²) in [6, 6.07) is 8.08. The summed E-state index contributed by atoms with van der Waals surface area (Å²) in [5, 5.41) is 4.54. The molecule has 1 saturated carbocycles. The lowest BCUT2D eigenvalue weighted by Gasteiger charge is -2.35. The lowest BCUT2D eigenvalue weighted by molar-refractivity contribution is -0.0860. The maximum absolute atomic E-state index is 13.0. The smallest absolute Gasteiger partial charge is 0.332 e. The maximum atomic E-state index is 13.0. The molecule has 1 aromatic carbocycles. The minimum Gasteiger partial charge on any atom is -0.497 e. The molecule has 1 aliphatic carbocycles. The third-order valence-corrected chi connectivity index (χ3v) is 7.26. The van der Waals surface area contributed by atoms with Crippen molar-refractivity contribution in [1.29, 1.82) is 0 Å². The zero-order valence-electron chi connectivity index (χ0n) is 18.8. The summed E-state index contributed by atoms with van der Waals surface area (Å²) in [7, 11) is 1.67. The Hall–Kier alpha value is -2.45. The van der Waals surface area contributed by atoms with E-state index in [2.05, 4.69) is 16.1 Å². The summed E-state index contributed by atoms with van der Waals surface area (Å²) in [6.07, 6.45) is 6.69. The van der Waals surface area contributed by atoms with Crippen LogP contribution in [0.3, 0.4) is 0 Å². The molecule has 1 saturated heterocycles. The normalized spacial score (nSPS) is 24.0. The largest absolute Gasteiger partial charge is 0.497 e. The van der Waals surface area contributed by atoms with Crippen molar-refractivity contribution in [2.75, 3.05) is 20.2 Å². The Labute approximate surface area is 187 Å². The lowest BCUT2D eigenvalue weighted by atomic mass is 9.89. The molecule has 2 aromatic rings. The second kappa shape index (κ2) is 8.83. The number of hydrogen-bond acceptors (Lipinski definition) is 6. The van der Waals surface area contributed by atoms with E-state index >= 15 is 0 Å². The van der Waals surface area contributed by atoms with Crippen LogP contribution in [0.1, 0.15) is 49.9 Å². The van der Waals surface area contributed by atoms with Crippen LogP contribution < -0.4 is 15.9 Å². The van der Waals surface area contributed by atoms with Gasteiger partial charge in [-0.15, -0.1) is 0 Å². The number of fused-ring (bicyclic) bond motifs is 1. The minimum atomic E-state index is -0.498. The SMILES string of the molecule is COc1cccc(CN2CC[C@@]3(C2)Cn2c(nn(CC4CCCCC4)c(=O)c2=O)CO3)c1. The van der Waals surface area contributed by atoms with Crippen LogP contribution in [0.2, 0.25) is 0 Å². The molecule has 0 radical (unpaired) electrons. The summed E-state index contributed by atoms with van der Waals surface area (Å²) in [6.45, 7) is 3.61. The first-order valence-corrected chi connectivity index (χ1v) is 11.8. The third kappa shape index (κ3) is 4.26. The predicted octanol–water partition coefficient (Wildman–Crippen LogP) is 2.17. The van der Waals surface area contributed by atoms with E-state index in [-0.39, 0.29) is 6.61 Å². The van der Waals surface area contributed by atoms with Gasteiger partial charge in [0.1, 0.15) is 18.0 Å². The Bertz CT molecular complexity index is 1090. The fraction of sp³-hybridized carbons (Fsp3) is 0.625. The molecular weight excluding hydrogens is 408 g/mol. The number of nitrogens with zero attached hydrogens (tertiary/aromatic N) is 4. The maximum Gasteiger partial charge on any atom is 0.332 e. The summed E-state index contributed by atoms with van der Waals surface area (Å²) >= 11 is 0. The van der Waals surface area contributed by atoms with Gasteiger partial charge in [-0.2, -0.15) is 5.10 Å². The van der Waals surface area contributed by atoms with Gasteiger partial charge in [0.15, 0.2) is 5.82 Å². The van der Waals surface area contributed by atoms with Gasteiger partial charge in [-0.3, -0.25) is 19.1 Å². The third-order valence-electron chi connectivity index (χ3n) is 7.26. The Morgan fingerprint density at radius 1 is 1.16 bits per heavy atom. The zero-order valence-corrected chi connectivity index (χ0v) is 18.8. The fourth-order valence-electron chi connectivity index (χ4n) is 5.48. The van der Waals surface area contributed by atoms with Crippen LogP contribution in [0.4, 0.5) is 0 Å². The highest BCUT2D eigenvalue weighted by Gasteiger charge is 2.43. The number of rotatable bonds is 5. The standard InChI is InChI=1S/C24H32N4O4/c1-31-20-9-5-8-19(12-20)13-26-11-10-24(16-26)17-27-21(15-32-24)25-28(23(30)22(27)29)14-18-6-3-2-4-7-18/h5,8-9,12,18H,2-4,6-7,10-11,13-17H2,1H3/t24-/m1/s1. The van der Waals surface area contributed by atoms with Gasteiger partial charge in [-0.1, -0.05) is 31.4 Å². The first kappa shape index (κ1) is 21.4. The van der Waals surface area contributed by atoms with Crippen LogP contribution in [0.25, 0.3) is 0 Å². The molecule has 1 atom stereocenters. The highest BCUT2D eigenvalue weighted by molar-refractivity contribution is 5.28. The van der Waals surface area contributed by atoms with Gasteiger partial charge >= 0.3 is 11.1 Å². The highest BCUT2D eigenvalue weighted by atomic mass is 16.5. The Kier molecular flexibility index (Phi) is 5.90. The number of benzene rings is 1. The van der Waals surface area contributed by atoms with E-state index in [1.165, 1.54) is 29.5 Å². The van der Waals surface area contributed by atoms with E-state index in [9.17, 15) is 9.59 Å². The number of hydrogen-bond donors (Lipinski definition) is 0. The monoisotopic (exact) mass is 440 g/mol. The van der Waals surface area contributed by atoms with E-state index in [4.69, 9.17) is 9.47 Å². The summed E-state index contributed by atoms with van der Waals surface area (Å²) in [5.41, 5.74) is -0.219. The van der Waals surface area contributed by atoms with Gasteiger partial charge in [0.25, 0.3) is 0 Å². The van der Waals surface area contributed by atoms with Crippen molar-refractivity contribution in [3.8, 4) is 5.75 Å². The van der Waals surface area contributed by atoms with Crippen LogP contribution >= 0.6 is 0 Å². The first-order chi connectivity index (χ1) is 15.5. The van der Waals surface area contributed by atoms with Gasteiger partial charge in [0.2, 0.25) is 0 Å². The average molecular weight is 441 g/mol. The van der Waals surface area contributed by atoms with Crippen molar-refractivity contribution in [3.63, 3.8) is 0 Å². The molecule has 1 spiro atoms. The Balaban J connectivity index is 1.30. The van der Waals surface area contributed by atoms with Crippen molar-refractivity contribution in [2.24, 2.45) is 5.92 Å². The molecule has 3 heterocycles. The minimum absolute atomic E-state index is 0.271. The molecule has 5 rings (SSSR count). The van der Waals surface area contributed by atoms with E-state index in [1.807, 2.05) is 18.2 Å². The second-order valence-electron chi connectivity index (χ2n) is 9.58. The van der Waals surface area contributed by atoms with Crippen molar-refractivity contribution in [3.05, 3.63) is 56.4 Å². The zero-order chi connectivity index (χ0) is 22.1. The lowest BCUT2D eigenvalue weighted by Crippen LogP contribution is -2.53.